The molecule has 0 bridgehead atoms. The first kappa shape index (κ1) is 40.3. The van der Waals surface area contributed by atoms with E-state index in [9.17, 15) is 19.2 Å². The summed E-state index contributed by atoms with van der Waals surface area (Å²) in [5.74, 6) is 1.68. The number of nitrogens with two attached hydrogens (primary N) is 1. The number of nitrogens with one attached hydrogen (secondary N) is 1. The molecule has 15 nitrogen and oxygen atoms in total. The predicted octanol–water partition coefficient (Wildman–Crippen LogP) is 6.07. The lowest BCUT2D eigenvalue weighted by Crippen LogP contribution is -2.55. The lowest BCUT2D eigenvalue weighted by molar-refractivity contribution is -0.136. The van der Waals surface area contributed by atoms with Gasteiger partial charge in [-0.2, -0.15) is 5.10 Å². The lowest BCUT2D eigenvalue weighted by Gasteiger charge is -2.55. The Labute approximate surface area is 377 Å². The molecule has 1 spiro atoms. The van der Waals surface area contributed by atoms with Crippen LogP contribution in [0, 0.1) is 17.3 Å². The molecule has 3 aromatic carbocycles. The first-order valence-electron chi connectivity index (χ1n) is 23.6. The topological polar surface area (TPSA) is 172 Å². The number of hydrogen-bond donors (Lipinski definition) is 2. The predicted molar refractivity (Wildman–Crippen MR) is 243 cm³/mol. The van der Waals surface area contributed by atoms with E-state index < -0.39 is 23.8 Å². The van der Waals surface area contributed by atoms with Crippen molar-refractivity contribution in [2.45, 2.75) is 88.4 Å². The molecule has 6 fully saturated rings. The van der Waals surface area contributed by atoms with Crippen LogP contribution in [0.1, 0.15) is 91.0 Å². The summed E-state index contributed by atoms with van der Waals surface area (Å²) in [5.41, 5.74) is 11.1. The summed E-state index contributed by atoms with van der Waals surface area (Å²) in [4.78, 5) is 68.9. The number of ether oxygens (including phenoxy) is 1. The van der Waals surface area contributed by atoms with Crippen LogP contribution in [0.15, 0.2) is 79.1 Å². The molecule has 2 aliphatic carbocycles. The maximum atomic E-state index is 13.4. The molecule has 0 radical (unpaired) electrons. The van der Waals surface area contributed by atoms with E-state index in [4.69, 9.17) is 20.6 Å². The van der Waals surface area contributed by atoms with Gasteiger partial charge in [-0.25, -0.2) is 14.6 Å². The van der Waals surface area contributed by atoms with Crippen LogP contribution in [0.3, 0.4) is 0 Å². The number of likely N-dealkylation sites (tertiary alicyclic amines) is 2. The molecule has 4 amide bonds. The molecule has 15 heteroatoms. The van der Waals surface area contributed by atoms with E-state index in [1.165, 1.54) is 38.8 Å². The van der Waals surface area contributed by atoms with Crippen LogP contribution in [0.2, 0.25) is 0 Å². The summed E-state index contributed by atoms with van der Waals surface area (Å²) in [5, 5.41) is 8.25. The molecule has 334 valence electrons. The normalized spacial score (nSPS) is 26.2. The van der Waals surface area contributed by atoms with E-state index in [2.05, 4.69) is 29.7 Å². The number of amides is 4. The quantitative estimate of drug-likeness (QED) is 0.173. The number of imide groups is 2. The monoisotopic (exact) mass is 874 g/mol. The van der Waals surface area contributed by atoms with Crippen LogP contribution in [-0.4, -0.2) is 115 Å². The van der Waals surface area contributed by atoms with Gasteiger partial charge in [-0.05, 0) is 130 Å². The van der Waals surface area contributed by atoms with Crippen LogP contribution >= 0.6 is 0 Å². The number of carbonyl (C=O) groups excluding carboxylic acids is 4. The van der Waals surface area contributed by atoms with E-state index in [0.29, 0.717) is 34.4 Å². The molecule has 7 aliphatic rings. The first-order chi connectivity index (χ1) is 31.7. The first-order valence-corrected chi connectivity index (χ1v) is 23.6. The molecule has 2 aromatic heterocycles. The highest BCUT2D eigenvalue weighted by atomic mass is 16.5. The van der Waals surface area contributed by atoms with E-state index in [1.807, 2.05) is 66.7 Å². The molecule has 5 aromatic rings. The van der Waals surface area contributed by atoms with Crippen molar-refractivity contribution in [3.05, 3.63) is 90.3 Å². The van der Waals surface area contributed by atoms with Gasteiger partial charge in [0.25, 0.3) is 11.8 Å². The van der Waals surface area contributed by atoms with Gasteiger partial charge in [0.2, 0.25) is 11.8 Å². The molecule has 3 atom stereocenters. The molecule has 5 aliphatic heterocycles. The minimum absolute atomic E-state index is 0.109. The fourth-order valence-corrected chi connectivity index (χ4v) is 12.7. The maximum absolute atomic E-state index is 13.4. The molecular weight excluding hydrogens is 821 g/mol. The fraction of sp³-hybridized carbons (Fsp3) is 0.460. The molecule has 3 N–H and O–H groups in total. The number of nitrogens with zero attached hydrogens (tertiary/aromatic N) is 8. The number of anilines is 2. The van der Waals surface area contributed by atoms with Crippen molar-refractivity contribution in [3.8, 4) is 22.8 Å². The molecule has 7 heterocycles. The number of carbonyl (C=O) groups is 4. The highest BCUT2D eigenvalue weighted by Gasteiger charge is 2.52. The number of rotatable bonds is 8. The molecular formula is C50H54N10O5. The summed E-state index contributed by atoms with van der Waals surface area (Å²) in [6.07, 6.45) is 11.2. The zero-order chi connectivity index (χ0) is 44.0. The van der Waals surface area contributed by atoms with Gasteiger partial charge in [-0.1, -0.05) is 18.2 Å². The van der Waals surface area contributed by atoms with Crippen molar-refractivity contribution >= 4 is 46.2 Å². The largest absolute Gasteiger partial charge is 0.457 e. The Hall–Kier alpha value is -6.19. The average molecular weight is 875 g/mol. The summed E-state index contributed by atoms with van der Waals surface area (Å²) in [6.45, 7) is 6.42. The third kappa shape index (κ3) is 7.05. The number of nitrogen functional groups attached to an aromatic ring is 1. The van der Waals surface area contributed by atoms with Gasteiger partial charge in [-0.15, -0.1) is 0 Å². The van der Waals surface area contributed by atoms with Crippen molar-refractivity contribution in [2.75, 3.05) is 49.9 Å². The minimum Gasteiger partial charge on any atom is -0.457 e. The zero-order valence-electron chi connectivity index (χ0n) is 36.5. The fourth-order valence-electron chi connectivity index (χ4n) is 12.7. The standard InChI is InChI=1S/C50H54N10O5/c51-45-43-44(30-6-9-38(10-7-30)65-37-4-2-1-3-5-37)55-60(46(43)53-29-52-45)33-14-18-56(19-15-33)35-22-31-27-58(28-32(31)23-35)36-25-50(26-36)16-20-57(21-17-50)34-8-11-39-40(24-34)49(64)59(48(39)63)41-12-13-42(61)54-47(41)62/h1-11,24,29,31-33,35-36,41H,12-23,25-28H2,(H2,51,52,53)(H,54,61,62). The highest BCUT2D eigenvalue weighted by molar-refractivity contribution is 6.23. The Morgan fingerprint density at radius 2 is 1.43 bits per heavy atom. The number of benzene rings is 3. The van der Waals surface area contributed by atoms with Gasteiger partial charge in [0.05, 0.1) is 22.6 Å². The second-order valence-electron chi connectivity index (χ2n) is 19.8. The van der Waals surface area contributed by atoms with Gasteiger partial charge in [-0.3, -0.25) is 34.3 Å². The average Bonchev–Trinajstić information content (AvgIpc) is 4.07. The number of para-hydroxylation sites is 1. The van der Waals surface area contributed by atoms with Gasteiger partial charge in [0, 0.05) is 69.0 Å². The van der Waals surface area contributed by atoms with Crippen LogP contribution in [0.5, 0.6) is 11.5 Å². The van der Waals surface area contributed by atoms with Crippen molar-refractivity contribution in [1.29, 1.82) is 0 Å². The van der Waals surface area contributed by atoms with Crippen molar-refractivity contribution < 1.29 is 23.9 Å². The smallest absolute Gasteiger partial charge is 0.262 e. The second kappa shape index (κ2) is 15.8. The molecule has 4 saturated heterocycles. The number of piperidine rings is 3. The van der Waals surface area contributed by atoms with Gasteiger partial charge >= 0.3 is 0 Å². The Morgan fingerprint density at radius 3 is 2.15 bits per heavy atom. The Morgan fingerprint density at radius 1 is 0.723 bits per heavy atom. The van der Waals surface area contributed by atoms with E-state index >= 15 is 0 Å². The summed E-state index contributed by atoms with van der Waals surface area (Å²) >= 11 is 0. The second-order valence-corrected chi connectivity index (χ2v) is 19.8. The van der Waals surface area contributed by atoms with Crippen LogP contribution in [-0.2, 0) is 9.59 Å². The third-order valence-corrected chi connectivity index (χ3v) is 16.2. The maximum Gasteiger partial charge on any atom is 0.262 e. The number of aromatic nitrogens is 4. The zero-order valence-corrected chi connectivity index (χ0v) is 36.5. The molecule has 3 unspecified atom stereocenters. The number of fused-ring (bicyclic) bond motifs is 3. The molecule has 65 heavy (non-hydrogen) atoms. The summed E-state index contributed by atoms with van der Waals surface area (Å²) in [7, 11) is 0. The van der Waals surface area contributed by atoms with Gasteiger partial charge in [0.15, 0.2) is 5.65 Å². The highest BCUT2D eigenvalue weighted by Crippen LogP contribution is 2.54. The minimum atomic E-state index is -0.953. The Bertz CT molecular complexity index is 2690. The van der Waals surface area contributed by atoms with Gasteiger partial charge in [0.1, 0.15) is 35.4 Å². The van der Waals surface area contributed by atoms with Crippen molar-refractivity contribution in [2.24, 2.45) is 17.3 Å². The Balaban J connectivity index is 0.622. The van der Waals surface area contributed by atoms with E-state index in [1.54, 1.807) is 12.4 Å². The van der Waals surface area contributed by atoms with E-state index in [0.717, 1.165) is 108 Å². The summed E-state index contributed by atoms with van der Waals surface area (Å²) in [6, 6.07) is 23.9. The van der Waals surface area contributed by atoms with Crippen LogP contribution in [0.25, 0.3) is 22.3 Å². The number of hydrogen-bond acceptors (Lipinski definition) is 12. The van der Waals surface area contributed by atoms with Crippen molar-refractivity contribution in [1.82, 2.24) is 39.8 Å². The van der Waals surface area contributed by atoms with Crippen LogP contribution in [0.4, 0.5) is 11.5 Å². The van der Waals surface area contributed by atoms with Crippen molar-refractivity contribution in [3.63, 3.8) is 0 Å². The molecule has 2 saturated carbocycles. The lowest BCUT2D eigenvalue weighted by atomic mass is 9.60. The molecule has 12 rings (SSSR count). The van der Waals surface area contributed by atoms with Crippen LogP contribution < -0.4 is 20.7 Å². The Kier molecular flexibility index (Phi) is 9.78. The van der Waals surface area contributed by atoms with Gasteiger partial charge < -0.3 is 20.3 Å². The van der Waals surface area contributed by atoms with E-state index in [-0.39, 0.29) is 24.8 Å². The third-order valence-electron chi connectivity index (χ3n) is 16.2. The summed E-state index contributed by atoms with van der Waals surface area (Å²) < 4.78 is 8.15. The SMILES string of the molecule is Nc1ncnc2c1c(-c1ccc(Oc3ccccc3)cc1)nn2C1CCN(C2CC3CN(C4CC5(CCN(c6ccc7c(c6)C(=O)N(C6CCC(=O)NC6=O)C7=O)CC5)C4)CC3C2)CC1.